The third-order valence-electron chi connectivity index (χ3n) is 2.94. The van der Waals surface area contributed by atoms with Crippen molar-refractivity contribution in [2.75, 3.05) is 6.54 Å². The first kappa shape index (κ1) is 12.6. The van der Waals surface area contributed by atoms with E-state index in [2.05, 4.69) is 27.4 Å². The van der Waals surface area contributed by atoms with E-state index in [1.807, 2.05) is 18.2 Å². The highest BCUT2D eigenvalue weighted by atomic mass is 16.3. The summed E-state index contributed by atoms with van der Waals surface area (Å²) in [7, 11) is 0. The standard InChI is InChI=1S/C13H18N4O/c1-2-11(10-5-3-4-6-12(10)18)14-8-7-13-15-9-16-17-13/h3-6,9,11,14,18H,2,7-8H2,1H3,(H,15,16,17). The maximum atomic E-state index is 9.83. The minimum Gasteiger partial charge on any atom is -0.508 e. The van der Waals surface area contributed by atoms with Gasteiger partial charge < -0.3 is 10.4 Å². The molecule has 5 heteroatoms. The molecule has 5 nitrogen and oxygen atoms in total. The summed E-state index contributed by atoms with van der Waals surface area (Å²) >= 11 is 0. The van der Waals surface area contributed by atoms with Crippen molar-refractivity contribution in [2.45, 2.75) is 25.8 Å². The van der Waals surface area contributed by atoms with E-state index in [0.717, 1.165) is 30.8 Å². The molecule has 0 bridgehead atoms. The van der Waals surface area contributed by atoms with Gasteiger partial charge in [-0.1, -0.05) is 25.1 Å². The Balaban J connectivity index is 1.91. The van der Waals surface area contributed by atoms with E-state index < -0.39 is 0 Å². The van der Waals surface area contributed by atoms with Crippen LogP contribution in [-0.2, 0) is 6.42 Å². The fourth-order valence-electron chi connectivity index (χ4n) is 1.97. The second-order valence-corrected chi connectivity index (χ2v) is 4.16. The van der Waals surface area contributed by atoms with Crippen LogP contribution in [0.2, 0.25) is 0 Å². The number of phenols is 1. The first-order valence-electron chi connectivity index (χ1n) is 6.16. The van der Waals surface area contributed by atoms with E-state index in [0.29, 0.717) is 5.75 Å². The fourth-order valence-corrected chi connectivity index (χ4v) is 1.97. The van der Waals surface area contributed by atoms with Crippen LogP contribution in [-0.4, -0.2) is 26.8 Å². The van der Waals surface area contributed by atoms with Crippen LogP contribution < -0.4 is 5.32 Å². The second kappa shape index (κ2) is 6.16. The van der Waals surface area contributed by atoms with Crippen molar-refractivity contribution in [3.63, 3.8) is 0 Å². The Morgan fingerprint density at radius 2 is 2.22 bits per heavy atom. The predicted octanol–water partition coefficient (Wildman–Crippen LogP) is 1.79. The predicted molar refractivity (Wildman–Crippen MR) is 69.2 cm³/mol. The maximum Gasteiger partial charge on any atom is 0.137 e. The van der Waals surface area contributed by atoms with E-state index in [1.165, 1.54) is 6.33 Å². The van der Waals surface area contributed by atoms with Crippen LogP contribution in [0, 0.1) is 0 Å². The number of aromatic amines is 1. The second-order valence-electron chi connectivity index (χ2n) is 4.16. The van der Waals surface area contributed by atoms with Crippen LogP contribution in [0.5, 0.6) is 5.75 Å². The van der Waals surface area contributed by atoms with Crippen LogP contribution >= 0.6 is 0 Å². The monoisotopic (exact) mass is 246 g/mol. The van der Waals surface area contributed by atoms with E-state index in [-0.39, 0.29) is 6.04 Å². The molecule has 0 aliphatic rings. The summed E-state index contributed by atoms with van der Waals surface area (Å²) in [5, 5.41) is 19.9. The molecule has 0 saturated heterocycles. The van der Waals surface area contributed by atoms with E-state index in [1.54, 1.807) is 6.07 Å². The zero-order chi connectivity index (χ0) is 12.8. The van der Waals surface area contributed by atoms with Gasteiger partial charge in [-0.15, -0.1) is 0 Å². The molecular formula is C13H18N4O. The lowest BCUT2D eigenvalue weighted by molar-refractivity contribution is 0.441. The largest absolute Gasteiger partial charge is 0.508 e. The number of rotatable bonds is 6. The van der Waals surface area contributed by atoms with Crippen molar-refractivity contribution in [3.05, 3.63) is 42.0 Å². The molecule has 1 aromatic carbocycles. The normalized spacial score (nSPS) is 12.5. The van der Waals surface area contributed by atoms with Crippen molar-refractivity contribution in [1.82, 2.24) is 20.5 Å². The topological polar surface area (TPSA) is 73.8 Å². The Bertz CT molecular complexity index is 470. The molecule has 0 radical (unpaired) electrons. The van der Waals surface area contributed by atoms with Gasteiger partial charge in [0, 0.05) is 24.6 Å². The lowest BCUT2D eigenvalue weighted by Gasteiger charge is -2.18. The zero-order valence-corrected chi connectivity index (χ0v) is 10.4. The summed E-state index contributed by atoms with van der Waals surface area (Å²) in [6.07, 6.45) is 3.23. The molecule has 96 valence electrons. The van der Waals surface area contributed by atoms with Crippen LogP contribution in [0.25, 0.3) is 0 Å². The SMILES string of the molecule is CCC(NCCc1ncn[nH]1)c1ccccc1O. The molecule has 1 unspecified atom stereocenters. The highest BCUT2D eigenvalue weighted by molar-refractivity contribution is 5.34. The van der Waals surface area contributed by atoms with Gasteiger partial charge in [-0.25, -0.2) is 4.98 Å². The molecule has 0 saturated carbocycles. The summed E-state index contributed by atoms with van der Waals surface area (Å²) in [6, 6.07) is 7.60. The molecule has 0 fully saturated rings. The van der Waals surface area contributed by atoms with Gasteiger partial charge >= 0.3 is 0 Å². The third kappa shape index (κ3) is 3.07. The molecule has 1 aromatic heterocycles. The fraction of sp³-hybridized carbons (Fsp3) is 0.385. The highest BCUT2D eigenvalue weighted by Gasteiger charge is 2.12. The van der Waals surface area contributed by atoms with Gasteiger partial charge in [0.15, 0.2) is 0 Å². The highest BCUT2D eigenvalue weighted by Crippen LogP contribution is 2.25. The van der Waals surface area contributed by atoms with Gasteiger partial charge in [0.25, 0.3) is 0 Å². The van der Waals surface area contributed by atoms with Crippen molar-refractivity contribution in [3.8, 4) is 5.75 Å². The number of benzene rings is 1. The Morgan fingerprint density at radius 1 is 1.39 bits per heavy atom. The number of aromatic nitrogens is 3. The average molecular weight is 246 g/mol. The smallest absolute Gasteiger partial charge is 0.137 e. The first-order valence-corrected chi connectivity index (χ1v) is 6.16. The van der Waals surface area contributed by atoms with Gasteiger partial charge in [-0.3, -0.25) is 5.10 Å². The minimum atomic E-state index is 0.161. The molecule has 2 aromatic rings. The molecule has 3 N–H and O–H groups in total. The lowest BCUT2D eigenvalue weighted by Crippen LogP contribution is -2.23. The summed E-state index contributed by atoms with van der Waals surface area (Å²) in [5.41, 5.74) is 0.942. The van der Waals surface area contributed by atoms with Gasteiger partial charge in [0.1, 0.15) is 17.9 Å². The van der Waals surface area contributed by atoms with E-state index >= 15 is 0 Å². The molecule has 0 amide bonds. The Labute approximate surface area is 106 Å². The molecule has 0 aliphatic heterocycles. The van der Waals surface area contributed by atoms with Crippen molar-refractivity contribution >= 4 is 0 Å². The lowest BCUT2D eigenvalue weighted by atomic mass is 10.0. The van der Waals surface area contributed by atoms with E-state index in [9.17, 15) is 5.11 Å². The molecule has 2 rings (SSSR count). The Kier molecular flexibility index (Phi) is 4.30. The Hall–Kier alpha value is -1.88. The number of phenolic OH excluding ortho intramolecular Hbond substituents is 1. The number of hydrogen-bond donors (Lipinski definition) is 3. The van der Waals surface area contributed by atoms with Gasteiger partial charge in [-0.05, 0) is 12.5 Å². The Morgan fingerprint density at radius 3 is 2.89 bits per heavy atom. The van der Waals surface area contributed by atoms with Gasteiger partial charge in [0.05, 0.1) is 0 Å². The van der Waals surface area contributed by atoms with Crippen LogP contribution in [0.4, 0.5) is 0 Å². The summed E-state index contributed by atoms with van der Waals surface area (Å²) < 4.78 is 0. The summed E-state index contributed by atoms with van der Waals surface area (Å²) in [4.78, 5) is 4.07. The number of nitrogens with zero attached hydrogens (tertiary/aromatic N) is 2. The molecule has 0 aliphatic carbocycles. The molecule has 0 spiro atoms. The summed E-state index contributed by atoms with van der Waals surface area (Å²) in [6.45, 7) is 2.89. The number of para-hydroxylation sites is 1. The minimum absolute atomic E-state index is 0.161. The van der Waals surface area contributed by atoms with Gasteiger partial charge in [0.2, 0.25) is 0 Å². The molecule has 1 atom stereocenters. The molecule has 1 heterocycles. The number of aromatic hydroxyl groups is 1. The number of hydrogen-bond acceptors (Lipinski definition) is 4. The molecule has 18 heavy (non-hydrogen) atoms. The van der Waals surface area contributed by atoms with Crippen LogP contribution in [0.15, 0.2) is 30.6 Å². The number of nitrogens with one attached hydrogen (secondary N) is 2. The number of H-pyrrole nitrogens is 1. The van der Waals surface area contributed by atoms with E-state index in [4.69, 9.17) is 0 Å². The van der Waals surface area contributed by atoms with Crippen molar-refractivity contribution < 1.29 is 5.11 Å². The maximum absolute atomic E-state index is 9.83. The van der Waals surface area contributed by atoms with Crippen molar-refractivity contribution in [1.29, 1.82) is 0 Å². The third-order valence-corrected chi connectivity index (χ3v) is 2.94. The van der Waals surface area contributed by atoms with Crippen LogP contribution in [0.1, 0.15) is 30.8 Å². The average Bonchev–Trinajstić information content (AvgIpc) is 2.89. The van der Waals surface area contributed by atoms with Crippen molar-refractivity contribution in [2.24, 2.45) is 0 Å². The van der Waals surface area contributed by atoms with Gasteiger partial charge in [-0.2, -0.15) is 5.10 Å². The first-order chi connectivity index (χ1) is 8.81. The molecular weight excluding hydrogens is 228 g/mol. The van der Waals surface area contributed by atoms with Crippen LogP contribution in [0.3, 0.4) is 0 Å². The quantitative estimate of drug-likeness (QED) is 0.726. The zero-order valence-electron chi connectivity index (χ0n) is 10.4. The summed E-state index contributed by atoms with van der Waals surface area (Å²) in [5.74, 6) is 1.21.